The van der Waals surface area contributed by atoms with E-state index >= 15 is 0 Å². The molecule has 1 aromatic heterocycles. The van der Waals surface area contributed by atoms with E-state index in [9.17, 15) is 4.79 Å². The molecule has 1 saturated heterocycles. The van der Waals surface area contributed by atoms with Gasteiger partial charge >= 0.3 is 0 Å². The lowest BCUT2D eigenvalue weighted by molar-refractivity contribution is -0.124. The van der Waals surface area contributed by atoms with E-state index in [1.807, 2.05) is 11.8 Å². The van der Waals surface area contributed by atoms with Crippen LogP contribution in [0.25, 0.3) is 0 Å². The van der Waals surface area contributed by atoms with Gasteiger partial charge in [0.25, 0.3) is 0 Å². The smallest absolute Gasteiger partial charge is 0.244 e. The van der Waals surface area contributed by atoms with Gasteiger partial charge in [0.15, 0.2) is 0 Å². The maximum absolute atomic E-state index is 11.8. The Hall–Kier alpha value is -1.89. The molecule has 1 atom stereocenters. The number of rotatable bonds is 2. The van der Waals surface area contributed by atoms with Gasteiger partial charge in [-0.3, -0.25) is 4.79 Å². The number of carbonyl (C=O) groups is 1. The number of ether oxygens (including phenoxy) is 1. The van der Waals surface area contributed by atoms with Gasteiger partial charge in [0.2, 0.25) is 11.9 Å². The van der Waals surface area contributed by atoms with Crippen LogP contribution < -0.4 is 16.0 Å². The van der Waals surface area contributed by atoms with E-state index in [-0.39, 0.29) is 17.9 Å². The van der Waals surface area contributed by atoms with Crippen LogP contribution in [-0.2, 0) is 9.53 Å². The first-order valence-corrected chi connectivity index (χ1v) is 5.78. The Morgan fingerprint density at radius 1 is 1.67 bits per heavy atom. The van der Waals surface area contributed by atoms with Crippen LogP contribution in [0.4, 0.5) is 11.8 Å². The predicted molar refractivity (Wildman–Crippen MR) is 67.2 cm³/mol. The Kier molecular flexibility index (Phi) is 3.61. The minimum absolute atomic E-state index is 0.0914. The van der Waals surface area contributed by atoms with Crippen molar-refractivity contribution in [3.8, 4) is 0 Å². The number of morpholine rings is 1. The number of carbonyl (C=O) groups excluding carboxylic acids is 1. The van der Waals surface area contributed by atoms with E-state index < -0.39 is 0 Å². The molecule has 1 aliphatic rings. The molecule has 0 radical (unpaired) electrons. The maximum Gasteiger partial charge on any atom is 0.244 e. The predicted octanol–water partition coefficient (Wildman–Crippen LogP) is -0.682. The molecule has 7 heteroatoms. The number of aromatic nitrogens is 2. The normalized spacial score (nSPS) is 19.7. The second-order valence-corrected chi connectivity index (χ2v) is 4.13. The van der Waals surface area contributed by atoms with Crippen molar-refractivity contribution in [1.29, 1.82) is 0 Å². The number of hydrogen-bond donors (Lipinski definition) is 2. The van der Waals surface area contributed by atoms with E-state index in [0.29, 0.717) is 25.6 Å². The number of nitrogen functional groups attached to an aromatic ring is 1. The van der Waals surface area contributed by atoms with Crippen LogP contribution in [0.5, 0.6) is 0 Å². The standard InChI is InChI=1S/C11H17N5O2/c1-7-5-14-11(12)15-9(7)16-3-4-18-6-8(16)10(17)13-2/h5,8H,3-4,6H2,1-2H3,(H,13,17)(H2,12,14,15). The Labute approximate surface area is 105 Å². The van der Waals surface area contributed by atoms with Gasteiger partial charge in [-0.2, -0.15) is 4.98 Å². The first kappa shape index (κ1) is 12.6. The number of likely N-dealkylation sites (N-methyl/N-ethyl adjacent to an activating group) is 1. The first-order chi connectivity index (χ1) is 8.63. The highest BCUT2D eigenvalue weighted by Crippen LogP contribution is 2.21. The maximum atomic E-state index is 11.8. The number of nitrogens with two attached hydrogens (primary N) is 1. The zero-order valence-corrected chi connectivity index (χ0v) is 10.5. The highest BCUT2D eigenvalue weighted by molar-refractivity contribution is 5.85. The molecule has 7 nitrogen and oxygen atoms in total. The van der Waals surface area contributed by atoms with E-state index in [1.165, 1.54) is 0 Å². The second kappa shape index (κ2) is 5.18. The summed E-state index contributed by atoms with van der Waals surface area (Å²) in [6.45, 7) is 3.42. The van der Waals surface area contributed by atoms with E-state index in [2.05, 4.69) is 15.3 Å². The fraction of sp³-hybridized carbons (Fsp3) is 0.545. The third-order valence-electron chi connectivity index (χ3n) is 2.91. The molecule has 1 aromatic rings. The van der Waals surface area contributed by atoms with Crippen molar-refractivity contribution in [2.75, 3.05) is 37.4 Å². The Morgan fingerprint density at radius 3 is 3.17 bits per heavy atom. The van der Waals surface area contributed by atoms with Crippen molar-refractivity contribution >= 4 is 17.7 Å². The molecule has 0 aliphatic carbocycles. The lowest BCUT2D eigenvalue weighted by Gasteiger charge is -2.35. The topological polar surface area (TPSA) is 93.4 Å². The van der Waals surface area contributed by atoms with Crippen LogP contribution >= 0.6 is 0 Å². The van der Waals surface area contributed by atoms with E-state index in [4.69, 9.17) is 10.5 Å². The van der Waals surface area contributed by atoms with Gasteiger partial charge < -0.3 is 20.7 Å². The number of nitrogens with one attached hydrogen (secondary N) is 1. The monoisotopic (exact) mass is 251 g/mol. The highest BCUT2D eigenvalue weighted by atomic mass is 16.5. The molecule has 0 spiro atoms. The van der Waals surface area contributed by atoms with Crippen LogP contribution in [0.15, 0.2) is 6.20 Å². The van der Waals surface area contributed by atoms with Gasteiger partial charge in [-0.15, -0.1) is 0 Å². The summed E-state index contributed by atoms with van der Waals surface area (Å²) in [7, 11) is 1.61. The van der Waals surface area contributed by atoms with Gasteiger partial charge in [0.05, 0.1) is 13.2 Å². The van der Waals surface area contributed by atoms with Crippen LogP contribution in [0.1, 0.15) is 5.56 Å². The Morgan fingerprint density at radius 2 is 2.44 bits per heavy atom. The van der Waals surface area contributed by atoms with Gasteiger partial charge in [-0.1, -0.05) is 0 Å². The lowest BCUT2D eigenvalue weighted by Crippen LogP contribution is -2.54. The zero-order valence-electron chi connectivity index (χ0n) is 10.5. The van der Waals surface area contributed by atoms with Crippen LogP contribution in [-0.4, -0.2) is 48.7 Å². The first-order valence-electron chi connectivity index (χ1n) is 5.78. The average molecular weight is 251 g/mol. The quantitative estimate of drug-likeness (QED) is 0.723. The fourth-order valence-electron chi connectivity index (χ4n) is 1.98. The molecule has 1 amide bonds. The molecule has 1 unspecified atom stereocenters. The molecule has 2 heterocycles. The largest absolute Gasteiger partial charge is 0.377 e. The SMILES string of the molecule is CNC(=O)C1COCCN1c1nc(N)ncc1C. The van der Waals surface area contributed by atoms with E-state index in [1.54, 1.807) is 13.2 Å². The van der Waals surface area contributed by atoms with Crippen molar-refractivity contribution in [1.82, 2.24) is 15.3 Å². The molecular weight excluding hydrogens is 234 g/mol. The van der Waals surface area contributed by atoms with Crippen molar-refractivity contribution in [3.05, 3.63) is 11.8 Å². The molecule has 1 fully saturated rings. The van der Waals surface area contributed by atoms with Crippen molar-refractivity contribution in [3.63, 3.8) is 0 Å². The third kappa shape index (κ3) is 2.35. The van der Waals surface area contributed by atoms with Crippen LogP contribution in [0.2, 0.25) is 0 Å². The second-order valence-electron chi connectivity index (χ2n) is 4.13. The molecule has 2 rings (SSSR count). The number of aryl methyl sites for hydroxylation is 1. The van der Waals surface area contributed by atoms with E-state index in [0.717, 1.165) is 5.56 Å². The summed E-state index contributed by atoms with van der Waals surface area (Å²) in [5, 5.41) is 2.63. The molecule has 3 N–H and O–H groups in total. The summed E-state index contributed by atoms with van der Waals surface area (Å²) >= 11 is 0. The highest BCUT2D eigenvalue weighted by Gasteiger charge is 2.30. The fourth-order valence-corrected chi connectivity index (χ4v) is 1.98. The number of amides is 1. The third-order valence-corrected chi connectivity index (χ3v) is 2.91. The van der Waals surface area contributed by atoms with Gasteiger partial charge in [0, 0.05) is 25.4 Å². The molecule has 1 aliphatic heterocycles. The average Bonchev–Trinajstić information content (AvgIpc) is 2.40. The molecule has 98 valence electrons. The van der Waals surface area contributed by atoms with Crippen molar-refractivity contribution < 1.29 is 9.53 Å². The summed E-state index contributed by atoms with van der Waals surface area (Å²) in [5.41, 5.74) is 6.50. The summed E-state index contributed by atoms with van der Waals surface area (Å²) in [5.74, 6) is 0.809. The number of hydrogen-bond acceptors (Lipinski definition) is 6. The van der Waals surface area contributed by atoms with Crippen molar-refractivity contribution in [2.24, 2.45) is 0 Å². The molecular formula is C11H17N5O2. The summed E-state index contributed by atoms with van der Waals surface area (Å²) < 4.78 is 5.35. The Bertz CT molecular complexity index is 451. The number of anilines is 2. The van der Waals surface area contributed by atoms with Gasteiger partial charge in [-0.25, -0.2) is 4.98 Å². The van der Waals surface area contributed by atoms with Crippen LogP contribution in [0.3, 0.4) is 0 Å². The zero-order chi connectivity index (χ0) is 13.1. The minimum Gasteiger partial charge on any atom is -0.377 e. The number of nitrogens with zero attached hydrogens (tertiary/aromatic N) is 3. The summed E-state index contributed by atoms with van der Waals surface area (Å²) in [6, 6.07) is -0.378. The molecule has 0 bridgehead atoms. The van der Waals surface area contributed by atoms with Crippen LogP contribution in [0, 0.1) is 6.92 Å². The molecule has 0 aromatic carbocycles. The lowest BCUT2D eigenvalue weighted by atomic mass is 10.2. The molecule has 0 saturated carbocycles. The van der Waals surface area contributed by atoms with Gasteiger partial charge in [-0.05, 0) is 6.92 Å². The van der Waals surface area contributed by atoms with Crippen molar-refractivity contribution in [2.45, 2.75) is 13.0 Å². The Balaban J connectivity index is 2.33. The van der Waals surface area contributed by atoms with Gasteiger partial charge in [0.1, 0.15) is 11.9 Å². The minimum atomic E-state index is -0.378. The summed E-state index contributed by atoms with van der Waals surface area (Å²) in [6.07, 6.45) is 1.66. The molecule has 18 heavy (non-hydrogen) atoms. The summed E-state index contributed by atoms with van der Waals surface area (Å²) in [4.78, 5) is 21.9.